The first-order valence-electron chi connectivity index (χ1n) is 11.1. The molecule has 0 bridgehead atoms. The Morgan fingerprint density at radius 1 is 1.06 bits per heavy atom. The van der Waals surface area contributed by atoms with E-state index in [-0.39, 0.29) is 11.3 Å². The molecule has 2 aromatic carbocycles. The third kappa shape index (κ3) is 5.13. The number of aliphatic hydroxyl groups is 1. The molecule has 0 aliphatic carbocycles. The number of ether oxygens (including phenoxy) is 2. The minimum atomic E-state index is -0.676. The van der Waals surface area contributed by atoms with E-state index >= 15 is 0 Å². The van der Waals surface area contributed by atoms with Gasteiger partial charge in [0.25, 0.3) is 11.7 Å². The van der Waals surface area contributed by atoms with E-state index in [1.807, 2.05) is 31.2 Å². The highest BCUT2D eigenvalue weighted by Gasteiger charge is 2.46. The van der Waals surface area contributed by atoms with Crippen LogP contribution in [-0.4, -0.2) is 72.6 Å². The summed E-state index contributed by atoms with van der Waals surface area (Å²) in [5.41, 5.74) is 1.34. The van der Waals surface area contributed by atoms with Crippen molar-refractivity contribution in [3.05, 3.63) is 69.7 Å². The van der Waals surface area contributed by atoms with Crippen LogP contribution in [0.1, 0.15) is 24.1 Å². The van der Waals surface area contributed by atoms with Crippen molar-refractivity contribution in [1.29, 1.82) is 0 Å². The highest BCUT2D eigenvalue weighted by Crippen LogP contribution is 2.39. The van der Waals surface area contributed by atoms with Crippen LogP contribution in [0.4, 0.5) is 0 Å². The zero-order valence-corrected chi connectivity index (χ0v) is 20.1. The molecule has 2 saturated heterocycles. The van der Waals surface area contributed by atoms with Gasteiger partial charge in [0.1, 0.15) is 11.5 Å². The van der Waals surface area contributed by atoms with Crippen LogP contribution in [0.3, 0.4) is 0 Å². The summed E-state index contributed by atoms with van der Waals surface area (Å²) in [6.07, 6.45) is 0. The highest BCUT2D eigenvalue weighted by atomic mass is 79.9. The van der Waals surface area contributed by atoms with Crippen molar-refractivity contribution >= 4 is 33.4 Å². The van der Waals surface area contributed by atoms with Gasteiger partial charge in [0, 0.05) is 36.2 Å². The molecule has 1 unspecified atom stereocenters. The fourth-order valence-electron chi connectivity index (χ4n) is 4.21. The van der Waals surface area contributed by atoms with E-state index in [1.54, 1.807) is 29.2 Å². The Labute approximate surface area is 201 Å². The number of hydrogen-bond donors (Lipinski definition) is 1. The molecule has 1 atom stereocenters. The molecule has 0 saturated carbocycles. The highest BCUT2D eigenvalue weighted by molar-refractivity contribution is 9.10. The lowest BCUT2D eigenvalue weighted by Gasteiger charge is -2.31. The SMILES string of the molecule is CCOc1ccc(C2/C(=C(/O)c3ccc(Br)cc3)C(=O)C(=O)N2CCN2CCOCC2)cc1. The van der Waals surface area contributed by atoms with E-state index < -0.39 is 17.7 Å². The molecule has 0 radical (unpaired) electrons. The number of morpholine rings is 1. The van der Waals surface area contributed by atoms with Gasteiger partial charge in [0.05, 0.1) is 31.4 Å². The van der Waals surface area contributed by atoms with Crippen molar-refractivity contribution < 1.29 is 24.2 Å². The van der Waals surface area contributed by atoms with E-state index in [0.29, 0.717) is 44.2 Å². The number of rotatable bonds is 7. The molecule has 2 aliphatic rings. The van der Waals surface area contributed by atoms with Gasteiger partial charge >= 0.3 is 0 Å². The van der Waals surface area contributed by atoms with Gasteiger partial charge in [-0.25, -0.2) is 0 Å². The van der Waals surface area contributed by atoms with Crippen molar-refractivity contribution in [2.24, 2.45) is 0 Å². The lowest BCUT2D eigenvalue weighted by atomic mass is 9.95. The maximum Gasteiger partial charge on any atom is 0.295 e. The van der Waals surface area contributed by atoms with Crippen molar-refractivity contribution in [1.82, 2.24) is 9.80 Å². The molecular weight excluding hydrogens is 488 g/mol. The summed E-state index contributed by atoms with van der Waals surface area (Å²) in [6.45, 7) is 6.35. The standard InChI is InChI=1S/C25H27BrN2O5/c1-2-33-20-9-5-17(6-10-20)22-21(23(29)18-3-7-19(26)8-4-18)24(30)25(31)28(22)12-11-27-13-15-32-16-14-27/h3-10,22,29H,2,11-16H2,1H3/b23-21-. The Bertz CT molecular complexity index is 1030. The molecule has 2 aromatic rings. The Morgan fingerprint density at radius 3 is 2.36 bits per heavy atom. The maximum absolute atomic E-state index is 13.1. The first-order valence-corrected chi connectivity index (χ1v) is 11.9. The zero-order chi connectivity index (χ0) is 23.4. The van der Waals surface area contributed by atoms with Gasteiger partial charge in [-0.3, -0.25) is 14.5 Å². The number of nitrogens with zero attached hydrogens (tertiary/aromatic N) is 2. The normalized spacial score (nSPS) is 20.9. The number of carbonyl (C=O) groups is 2. The number of Topliss-reactive ketones (excluding diaryl/α,β-unsaturated/α-hetero) is 1. The second-order valence-corrected chi connectivity index (χ2v) is 8.87. The zero-order valence-electron chi connectivity index (χ0n) is 18.5. The summed E-state index contributed by atoms with van der Waals surface area (Å²) in [6, 6.07) is 13.7. The number of halogens is 1. The lowest BCUT2D eigenvalue weighted by Crippen LogP contribution is -2.42. The van der Waals surface area contributed by atoms with Crippen molar-refractivity contribution in [2.75, 3.05) is 46.0 Å². The third-order valence-corrected chi connectivity index (χ3v) is 6.45. The molecule has 2 aliphatic heterocycles. The average molecular weight is 515 g/mol. The Hall–Kier alpha value is -2.68. The number of aliphatic hydroxyl groups excluding tert-OH is 1. The fourth-order valence-corrected chi connectivity index (χ4v) is 4.47. The Balaban J connectivity index is 1.71. The molecule has 4 rings (SSSR count). The van der Waals surface area contributed by atoms with E-state index in [0.717, 1.165) is 23.1 Å². The van der Waals surface area contributed by atoms with Crippen LogP contribution in [0.5, 0.6) is 5.75 Å². The second kappa shape index (κ2) is 10.5. The molecule has 1 amide bonds. The van der Waals surface area contributed by atoms with E-state index in [4.69, 9.17) is 9.47 Å². The minimum Gasteiger partial charge on any atom is -0.507 e. The number of hydrogen-bond acceptors (Lipinski definition) is 6. The quantitative estimate of drug-likeness (QED) is 0.345. The molecule has 0 spiro atoms. The summed E-state index contributed by atoms with van der Waals surface area (Å²) >= 11 is 3.38. The second-order valence-electron chi connectivity index (χ2n) is 7.96. The molecule has 2 fully saturated rings. The monoisotopic (exact) mass is 514 g/mol. The molecule has 33 heavy (non-hydrogen) atoms. The molecule has 8 heteroatoms. The number of ketones is 1. The molecule has 0 aromatic heterocycles. The van der Waals surface area contributed by atoms with Crippen LogP contribution < -0.4 is 4.74 Å². The predicted molar refractivity (Wildman–Crippen MR) is 128 cm³/mol. The van der Waals surface area contributed by atoms with Gasteiger partial charge in [-0.05, 0) is 36.8 Å². The van der Waals surface area contributed by atoms with Crippen LogP contribution in [0.2, 0.25) is 0 Å². The number of likely N-dealkylation sites (tertiary alicyclic amines) is 1. The average Bonchev–Trinajstić information content (AvgIpc) is 3.09. The summed E-state index contributed by atoms with van der Waals surface area (Å²) < 4.78 is 11.8. The molecular formula is C25H27BrN2O5. The molecule has 2 heterocycles. The summed E-state index contributed by atoms with van der Waals surface area (Å²) in [4.78, 5) is 30.0. The van der Waals surface area contributed by atoms with Gasteiger partial charge in [-0.2, -0.15) is 0 Å². The maximum atomic E-state index is 13.1. The largest absolute Gasteiger partial charge is 0.507 e. The van der Waals surface area contributed by atoms with Crippen LogP contribution in [0.25, 0.3) is 5.76 Å². The molecule has 7 nitrogen and oxygen atoms in total. The van der Waals surface area contributed by atoms with Crippen LogP contribution in [0, 0.1) is 0 Å². The fraction of sp³-hybridized carbons (Fsp3) is 0.360. The summed E-state index contributed by atoms with van der Waals surface area (Å²) in [5, 5.41) is 11.1. The predicted octanol–water partition coefficient (Wildman–Crippen LogP) is 3.60. The first kappa shape index (κ1) is 23.5. The van der Waals surface area contributed by atoms with E-state index in [1.165, 1.54) is 0 Å². The summed E-state index contributed by atoms with van der Waals surface area (Å²) in [5.74, 6) is -0.731. The van der Waals surface area contributed by atoms with Crippen molar-refractivity contribution in [3.8, 4) is 5.75 Å². The molecule has 1 N–H and O–H groups in total. The van der Waals surface area contributed by atoms with Gasteiger partial charge in [-0.1, -0.05) is 40.2 Å². The molecule has 174 valence electrons. The van der Waals surface area contributed by atoms with Gasteiger partial charge < -0.3 is 19.5 Å². The van der Waals surface area contributed by atoms with E-state index in [2.05, 4.69) is 20.8 Å². The smallest absolute Gasteiger partial charge is 0.295 e. The van der Waals surface area contributed by atoms with E-state index in [9.17, 15) is 14.7 Å². The number of amides is 1. The van der Waals surface area contributed by atoms with Crippen molar-refractivity contribution in [2.45, 2.75) is 13.0 Å². The van der Waals surface area contributed by atoms with Crippen LogP contribution >= 0.6 is 15.9 Å². The van der Waals surface area contributed by atoms with Gasteiger partial charge in [0.15, 0.2) is 0 Å². The number of carbonyl (C=O) groups excluding carboxylic acids is 2. The Kier molecular flexibility index (Phi) is 7.47. The van der Waals surface area contributed by atoms with Crippen LogP contribution in [-0.2, 0) is 14.3 Å². The van der Waals surface area contributed by atoms with Gasteiger partial charge in [-0.15, -0.1) is 0 Å². The van der Waals surface area contributed by atoms with Crippen molar-refractivity contribution in [3.63, 3.8) is 0 Å². The lowest BCUT2D eigenvalue weighted by molar-refractivity contribution is -0.140. The summed E-state index contributed by atoms with van der Waals surface area (Å²) in [7, 11) is 0. The minimum absolute atomic E-state index is 0.105. The topological polar surface area (TPSA) is 79.3 Å². The van der Waals surface area contributed by atoms with Gasteiger partial charge in [0.2, 0.25) is 0 Å². The van der Waals surface area contributed by atoms with Crippen LogP contribution in [0.15, 0.2) is 58.6 Å². The first-order chi connectivity index (χ1) is 16.0. The third-order valence-electron chi connectivity index (χ3n) is 5.93. The number of benzene rings is 2. The Morgan fingerprint density at radius 2 is 1.73 bits per heavy atom.